The molecule has 0 amide bonds. The van der Waals surface area contributed by atoms with Gasteiger partial charge >= 0.3 is 0 Å². The number of para-hydroxylation sites is 2. The van der Waals surface area contributed by atoms with Crippen molar-refractivity contribution in [1.29, 1.82) is 0 Å². The minimum atomic E-state index is -0.787. The highest BCUT2D eigenvalue weighted by Crippen LogP contribution is 2.23. The SMILES string of the molecule is Cc1ccn(CCOc2ccccc2NCC(O)CO)n1. The van der Waals surface area contributed by atoms with Gasteiger partial charge in [-0.3, -0.25) is 4.68 Å². The van der Waals surface area contributed by atoms with E-state index in [0.29, 0.717) is 18.9 Å². The van der Waals surface area contributed by atoms with Gasteiger partial charge in [0.15, 0.2) is 0 Å². The molecular formula is C15H21N3O3. The zero-order valence-electron chi connectivity index (χ0n) is 12.1. The number of hydrogen-bond acceptors (Lipinski definition) is 5. The van der Waals surface area contributed by atoms with Gasteiger partial charge in [-0.15, -0.1) is 0 Å². The smallest absolute Gasteiger partial charge is 0.142 e. The van der Waals surface area contributed by atoms with Crippen LogP contribution in [-0.4, -0.2) is 45.9 Å². The minimum absolute atomic E-state index is 0.269. The van der Waals surface area contributed by atoms with Crippen molar-refractivity contribution < 1.29 is 14.9 Å². The Kier molecular flexibility index (Phi) is 5.59. The second kappa shape index (κ2) is 7.66. The number of ether oxygens (including phenoxy) is 1. The number of rotatable bonds is 8. The summed E-state index contributed by atoms with van der Waals surface area (Å²) in [6.07, 6.45) is 1.13. The van der Waals surface area contributed by atoms with Crippen LogP contribution in [-0.2, 0) is 6.54 Å². The largest absolute Gasteiger partial charge is 0.489 e. The molecule has 114 valence electrons. The number of nitrogens with zero attached hydrogens (tertiary/aromatic N) is 2. The summed E-state index contributed by atoms with van der Waals surface area (Å²) in [4.78, 5) is 0. The van der Waals surface area contributed by atoms with E-state index in [1.54, 1.807) is 0 Å². The Hall–Kier alpha value is -2.05. The number of nitrogens with one attached hydrogen (secondary N) is 1. The summed E-state index contributed by atoms with van der Waals surface area (Å²) in [6.45, 7) is 3.12. The Morgan fingerprint density at radius 2 is 2.14 bits per heavy atom. The van der Waals surface area contributed by atoms with Crippen LogP contribution in [0.2, 0.25) is 0 Å². The number of hydrogen-bond donors (Lipinski definition) is 3. The fourth-order valence-corrected chi connectivity index (χ4v) is 1.87. The third-order valence-electron chi connectivity index (χ3n) is 2.98. The second-order valence-corrected chi connectivity index (χ2v) is 4.78. The van der Waals surface area contributed by atoms with E-state index in [9.17, 15) is 5.11 Å². The third kappa shape index (κ3) is 4.77. The summed E-state index contributed by atoms with van der Waals surface area (Å²) < 4.78 is 7.58. The predicted molar refractivity (Wildman–Crippen MR) is 80.5 cm³/mol. The molecule has 0 bridgehead atoms. The minimum Gasteiger partial charge on any atom is -0.489 e. The Morgan fingerprint density at radius 1 is 1.33 bits per heavy atom. The Balaban J connectivity index is 1.87. The zero-order chi connectivity index (χ0) is 15.1. The van der Waals surface area contributed by atoms with E-state index >= 15 is 0 Å². The van der Waals surface area contributed by atoms with Crippen molar-refractivity contribution in [1.82, 2.24) is 9.78 Å². The number of aliphatic hydroxyl groups excluding tert-OH is 2. The topological polar surface area (TPSA) is 79.5 Å². The molecule has 1 heterocycles. The van der Waals surface area contributed by atoms with Gasteiger partial charge in [0, 0.05) is 12.7 Å². The second-order valence-electron chi connectivity index (χ2n) is 4.78. The van der Waals surface area contributed by atoms with Crippen molar-refractivity contribution in [2.24, 2.45) is 0 Å². The van der Waals surface area contributed by atoms with Crippen molar-refractivity contribution in [3.63, 3.8) is 0 Å². The summed E-state index contributed by atoms with van der Waals surface area (Å²) in [5, 5.41) is 25.5. The molecule has 0 fully saturated rings. The number of aromatic nitrogens is 2. The lowest BCUT2D eigenvalue weighted by Gasteiger charge is -2.15. The summed E-state index contributed by atoms with van der Waals surface area (Å²) >= 11 is 0. The Bertz CT molecular complexity index is 557. The van der Waals surface area contributed by atoms with Gasteiger partial charge in [0.05, 0.1) is 30.6 Å². The predicted octanol–water partition coefficient (Wildman–Crippen LogP) is 1.04. The zero-order valence-corrected chi connectivity index (χ0v) is 12.1. The number of aryl methyl sites for hydroxylation is 1. The van der Waals surface area contributed by atoms with Crippen LogP contribution in [0.5, 0.6) is 5.75 Å². The lowest BCUT2D eigenvalue weighted by Crippen LogP contribution is -2.23. The van der Waals surface area contributed by atoms with Crippen molar-refractivity contribution >= 4 is 5.69 Å². The molecule has 0 aliphatic rings. The molecule has 6 heteroatoms. The lowest BCUT2D eigenvalue weighted by molar-refractivity contribution is 0.105. The quantitative estimate of drug-likeness (QED) is 0.677. The van der Waals surface area contributed by atoms with E-state index in [2.05, 4.69) is 10.4 Å². The molecule has 1 aromatic carbocycles. The monoisotopic (exact) mass is 291 g/mol. The maximum Gasteiger partial charge on any atom is 0.142 e. The molecule has 0 aliphatic heterocycles. The summed E-state index contributed by atoms with van der Waals surface area (Å²) in [5.74, 6) is 0.714. The van der Waals surface area contributed by atoms with E-state index in [0.717, 1.165) is 11.4 Å². The van der Waals surface area contributed by atoms with Crippen LogP contribution >= 0.6 is 0 Å². The normalized spacial score (nSPS) is 12.1. The number of anilines is 1. The first-order valence-corrected chi connectivity index (χ1v) is 6.93. The van der Waals surface area contributed by atoms with E-state index < -0.39 is 6.10 Å². The number of benzene rings is 1. The van der Waals surface area contributed by atoms with Crippen LogP contribution in [0.4, 0.5) is 5.69 Å². The number of aliphatic hydroxyl groups is 2. The van der Waals surface area contributed by atoms with Gasteiger partial charge in [0.2, 0.25) is 0 Å². The molecule has 0 radical (unpaired) electrons. The molecule has 2 aromatic rings. The molecule has 2 rings (SSSR count). The van der Waals surface area contributed by atoms with Gasteiger partial charge in [0.25, 0.3) is 0 Å². The average Bonchev–Trinajstić information content (AvgIpc) is 2.91. The molecule has 3 N–H and O–H groups in total. The van der Waals surface area contributed by atoms with Crippen LogP contribution < -0.4 is 10.1 Å². The summed E-state index contributed by atoms with van der Waals surface area (Å²) in [6, 6.07) is 9.46. The Morgan fingerprint density at radius 3 is 2.86 bits per heavy atom. The van der Waals surface area contributed by atoms with Gasteiger partial charge in [0.1, 0.15) is 12.4 Å². The standard InChI is InChI=1S/C15H21N3O3/c1-12-6-7-18(17-12)8-9-21-15-5-3-2-4-14(15)16-10-13(20)11-19/h2-7,13,16,19-20H,8-11H2,1H3. The maximum absolute atomic E-state index is 9.37. The molecule has 1 aromatic heterocycles. The van der Waals surface area contributed by atoms with Crippen LogP contribution in [0.25, 0.3) is 0 Å². The van der Waals surface area contributed by atoms with Crippen molar-refractivity contribution in [2.45, 2.75) is 19.6 Å². The molecule has 21 heavy (non-hydrogen) atoms. The fourth-order valence-electron chi connectivity index (χ4n) is 1.87. The summed E-state index contributed by atoms with van der Waals surface area (Å²) in [5.41, 5.74) is 1.77. The first kappa shape index (κ1) is 15.3. The van der Waals surface area contributed by atoms with Gasteiger partial charge < -0.3 is 20.3 Å². The van der Waals surface area contributed by atoms with Gasteiger partial charge in [-0.25, -0.2) is 0 Å². The van der Waals surface area contributed by atoms with Crippen LogP contribution in [0.3, 0.4) is 0 Å². The van der Waals surface area contributed by atoms with Crippen molar-refractivity contribution in [2.75, 3.05) is 25.1 Å². The van der Waals surface area contributed by atoms with Crippen LogP contribution in [0.15, 0.2) is 36.5 Å². The third-order valence-corrected chi connectivity index (χ3v) is 2.98. The average molecular weight is 291 g/mol. The molecular weight excluding hydrogens is 270 g/mol. The van der Waals surface area contributed by atoms with E-state index in [1.165, 1.54) is 0 Å². The first-order chi connectivity index (χ1) is 10.2. The highest BCUT2D eigenvalue weighted by Gasteiger charge is 2.06. The van der Waals surface area contributed by atoms with E-state index in [1.807, 2.05) is 48.1 Å². The van der Waals surface area contributed by atoms with E-state index in [4.69, 9.17) is 9.84 Å². The first-order valence-electron chi connectivity index (χ1n) is 6.93. The molecule has 1 atom stereocenters. The van der Waals surface area contributed by atoms with Crippen molar-refractivity contribution in [3.8, 4) is 5.75 Å². The van der Waals surface area contributed by atoms with Gasteiger partial charge in [-0.2, -0.15) is 5.10 Å². The van der Waals surface area contributed by atoms with Crippen molar-refractivity contribution in [3.05, 3.63) is 42.2 Å². The van der Waals surface area contributed by atoms with Gasteiger partial charge in [-0.05, 0) is 25.1 Å². The van der Waals surface area contributed by atoms with Crippen LogP contribution in [0.1, 0.15) is 5.69 Å². The molecule has 0 aliphatic carbocycles. The molecule has 6 nitrogen and oxygen atoms in total. The van der Waals surface area contributed by atoms with Crippen LogP contribution in [0, 0.1) is 6.92 Å². The highest BCUT2D eigenvalue weighted by molar-refractivity contribution is 5.56. The molecule has 0 spiro atoms. The highest BCUT2D eigenvalue weighted by atomic mass is 16.5. The van der Waals surface area contributed by atoms with Gasteiger partial charge in [-0.1, -0.05) is 12.1 Å². The summed E-state index contributed by atoms with van der Waals surface area (Å²) in [7, 11) is 0. The lowest BCUT2D eigenvalue weighted by atomic mass is 10.2. The molecule has 1 unspecified atom stereocenters. The van der Waals surface area contributed by atoms with E-state index in [-0.39, 0.29) is 13.2 Å². The maximum atomic E-state index is 9.37. The Labute approximate surface area is 124 Å². The molecule has 0 saturated carbocycles. The fraction of sp³-hybridized carbons (Fsp3) is 0.400. The molecule has 0 saturated heterocycles.